The van der Waals surface area contributed by atoms with E-state index in [4.69, 9.17) is 14.2 Å². The number of carbonyl (C=O) groups is 1. The van der Waals surface area contributed by atoms with Crippen LogP contribution in [0, 0.1) is 0 Å². The minimum atomic E-state index is -0.884. The number of allylic oxidation sites excluding steroid dienone is 2. The number of amides is 1. The van der Waals surface area contributed by atoms with Crippen molar-refractivity contribution in [2.24, 2.45) is 0 Å². The highest BCUT2D eigenvalue weighted by atomic mass is 32.2. The van der Waals surface area contributed by atoms with Crippen molar-refractivity contribution in [2.45, 2.75) is 12.3 Å². The maximum atomic E-state index is 13.9. The fourth-order valence-electron chi connectivity index (χ4n) is 4.46. The summed E-state index contributed by atoms with van der Waals surface area (Å²) in [6.07, 6.45) is 8.10. The van der Waals surface area contributed by atoms with Crippen LogP contribution in [0.4, 0.5) is 5.69 Å². The van der Waals surface area contributed by atoms with Crippen LogP contribution in [-0.2, 0) is 10.2 Å². The molecule has 5 rings (SSSR count). The molecule has 3 heterocycles. The van der Waals surface area contributed by atoms with Gasteiger partial charge in [-0.25, -0.2) is 0 Å². The maximum Gasteiger partial charge on any atom is 0.246 e. The van der Waals surface area contributed by atoms with Crippen molar-refractivity contribution in [3.63, 3.8) is 0 Å². The normalized spacial score (nSPS) is 21.0. The third kappa shape index (κ3) is 2.97. The molecule has 158 valence electrons. The molecule has 2 aromatic carbocycles. The zero-order valence-corrected chi connectivity index (χ0v) is 18.3. The third-order valence-corrected chi connectivity index (χ3v) is 6.85. The number of hydrogen-bond donors (Lipinski definition) is 0. The van der Waals surface area contributed by atoms with E-state index in [0.717, 1.165) is 27.3 Å². The molecule has 0 radical (unpaired) electrons. The van der Waals surface area contributed by atoms with Crippen LogP contribution in [0.3, 0.4) is 0 Å². The van der Waals surface area contributed by atoms with Crippen molar-refractivity contribution >= 4 is 23.4 Å². The van der Waals surface area contributed by atoms with Crippen LogP contribution in [-0.4, -0.2) is 32.1 Å². The van der Waals surface area contributed by atoms with Gasteiger partial charge < -0.3 is 19.1 Å². The summed E-state index contributed by atoms with van der Waals surface area (Å²) in [5.41, 5.74) is 2.65. The second-order valence-corrected chi connectivity index (χ2v) is 8.57. The average Bonchev–Trinajstić information content (AvgIpc) is 3.46. The van der Waals surface area contributed by atoms with Crippen molar-refractivity contribution in [3.05, 3.63) is 82.8 Å². The predicted molar refractivity (Wildman–Crippen MR) is 123 cm³/mol. The lowest BCUT2D eigenvalue weighted by Crippen LogP contribution is -2.43. The number of ether oxygens (including phenoxy) is 3. The lowest BCUT2D eigenvalue weighted by molar-refractivity contribution is -0.122. The molecule has 0 N–H and O–H groups in total. The summed E-state index contributed by atoms with van der Waals surface area (Å²) in [5, 5.41) is 0. The summed E-state index contributed by atoms with van der Waals surface area (Å²) in [5.74, 6) is 1.97. The molecule has 0 saturated carbocycles. The summed E-state index contributed by atoms with van der Waals surface area (Å²) in [7, 11) is 0. The summed E-state index contributed by atoms with van der Waals surface area (Å²) in [4.78, 5) is 16.9. The van der Waals surface area contributed by atoms with Gasteiger partial charge in [-0.15, -0.1) is 11.8 Å². The molecule has 1 amide bonds. The molecular weight excluding hydrogens is 410 g/mol. The molecule has 0 bridgehead atoms. The Labute approximate surface area is 186 Å². The molecular formula is C25H23NO4S. The van der Waals surface area contributed by atoms with Gasteiger partial charge in [-0.1, -0.05) is 36.9 Å². The van der Waals surface area contributed by atoms with Gasteiger partial charge in [0.25, 0.3) is 0 Å². The molecule has 31 heavy (non-hydrogen) atoms. The molecule has 0 saturated heterocycles. The fourth-order valence-corrected chi connectivity index (χ4v) is 4.90. The minimum Gasteiger partial charge on any atom is -0.491 e. The number of para-hydroxylation sites is 1. The van der Waals surface area contributed by atoms with Crippen LogP contribution in [0.1, 0.15) is 18.1 Å². The van der Waals surface area contributed by atoms with E-state index >= 15 is 0 Å². The van der Waals surface area contributed by atoms with Crippen molar-refractivity contribution in [2.75, 3.05) is 31.1 Å². The van der Waals surface area contributed by atoms with E-state index in [9.17, 15) is 4.79 Å². The number of nitrogens with zero attached hydrogens (tertiary/aromatic N) is 1. The van der Waals surface area contributed by atoms with E-state index in [1.807, 2.05) is 66.6 Å². The molecule has 1 atom stereocenters. The highest BCUT2D eigenvalue weighted by Crippen LogP contribution is 2.55. The Kier molecular flexibility index (Phi) is 4.82. The van der Waals surface area contributed by atoms with E-state index in [-0.39, 0.29) is 19.3 Å². The Morgan fingerprint density at radius 3 is 2.68 bits per heavy atom. The summed E-state index contributed by atoms with van der Waals surface area (Å²) in [6.45, 7) is 7.05. The fraction of sp³-hybridized carbons (Fsp3) is 0.240. The van der Waals surface area contributed by atoms with Gasteiger partial charge in [0.05, 0.1) is 6.54 Å². The Balaban J connectivity index is 1.53. The number of fused-ring (bicyclic) bond motifs is 5. The van der Waals surface area contributed by atoms with Crippen LogP contribution in [0.2, 0.25) is 0 Å². The number of benzene rings is 2. The molecule has 3 aliphatic heterocycles. The summed E-state index contributed by atoms with van der Waals surface area (Å²) >= 11 is 1.68. The first-order chi connectivity index (χ1) is 15.1. The third-order valence-electron chi connectivity index (χ3n) is 6.01. The first-order valence-corrected chi connectivity index (χ1v) is 11.4. The van der Waals surface area contributed by atoms with Gasteiger partial charge in [-0.3, -0.25) is 4.79 Å². The van der Waals surface area contributed by atoms with Crippen LogP contribution in [0.25, 0.3) is 0 Å². The number of rotatable bonds is 5. The SMILES string of the molecule is C=C(C=CC(=CC)SC)CN1C(=O)C2(COc3cc4c(cc32)OCO4)c2ccccc21. The van der Waals surface area contributed by atoms with E-state index in [1.54, 1.807) is 11.8 Å². The Hall–Kier alpha value is -3.12. The number of carbonyl (C=O) groups excluding carboxylic acids is 1. The van der Waals surface area contributed by atoms with Gasteiger partial charge in [-0.05, 0) is 42.5 Å². The molecule has 6 heteroatoms. The molecule has 3 aliphatic rings. The highest BCUT2D eigenvalue weighted by Gasteiger charge is 2.57. The van der Waals surface area contributed by atoms with E-state index in [0.29, 0.717) is 23.8 Å². The van der Waals surface area contributed by atoms with Crippen LogP contribution in [0.15, 0.2) is 71.7 Å². The number of thioether (sulfide) groups is 1. The summed E-state index contributed by atoms with van der Waals surface area (Å²) < 4.78 is 17.1. The van der Waals surface area contributed by atoms with Gasteiger partial charge in [0, 0.05) is 22.2 Å². The lowest BCUT2D eigenvalue weighted by atomic mass is 9.77. The molecule has 0 fully saturated rings. The van der Waals surface area contributed by atoms with Crippen LogP contribution in [0.5, 0.6) is 17.2 Å². The van der Waals surface area contributed by atoms with Crippen LogP contribution < -0.4 is 19.1 Å². The zero-order chi connectivity index (χ0) is 21.6. The largest absolute Gasteiger partial charge is 0.491 e. The van der Waals surface area contributed by atoms with Gasteiger partial charge >= 0.3 is 0 Å². The Bertz CT molecular complexity index is 1150. The van der Waals surface area contributed by atoms with Gasteiger partial charge in [0.2, 0.25) is 12.7 Å². The van der Waals surface area contributed by atoms with Crippen molar-refractivity contribution in [3.8, 4) is 17.2 Å². The highest BCUT2D eigenvalue weighted by molar-refractivity contribution is 8.02. The van der Waals surface area contributed by atoms with E-state index in [2.05, 4.69) is 12.7 Å². The second-order valence-electron chi connectivity index (χ2n) is 7.69. The smallest absolute Gasteiger partial charge is 0.246 e. The number of hydrogen-bond acceptors (Lipinski definition) is 5. The molecule has 5 nitrogen and oxygen atoms in total. The van der Waals surface area contributed by atoms with Gasteiger partial charge in [0.15, 0.2) is 11.5 Å². The van der Waals surface area contributed by atoms with E-state index in [1.165, 1.54) is 0 Å². The summed E-state index contributed by atoms with van der Waals surface area (Å²) in [6, 6.07) is 11.7. The van der Waals surface area contributed by atoms with Crippen LogP contribution >= 0.6 is 11.8 Å². The lowest BCUT2D eigenvalue weighted by Gasteiger charge is -2.23. The Morgan fingerprint density at radius 1 is 1.13 bits per heavy atom. The number of anilines is 1. The standard InChI is InChI=1S/C25H23NO4S/c1-4-17(31-3)10-9-16(2)13-26-20-8-6-5-7-18(20)25(24(26)27)14-28-21-12-23-22(11-19(21)25)29-15-30-23/h4-12H,2,13-15H2,1,3H3. The Morgan fingerprint density at radius 2 is 1.90 bits per heavy atom. The first-order valence-electron chi connectivity index (χ1n) is 10.1. The predicted octanol–water partition coefficient (Wildman–Crippen LogP) is 4.82. The maximum absolute atomic E-state index is 13.9. The van der Waals surface area contributed by atoms with E-state index < -0.39 is 5.41 Å². The van der Waals surface area contributed by atoms with Crippen molar-refractivity contribution < 1.29 is 19.0 Å². The molecule has 2 aromatic rings. The quantitative estimate of drug-likeness (QED) is 0.633. The van der Waals surface area contributed by atoms with Crippen molar-refractivity contribution in [1.29, 1.82) is 0 Å². The topological polar surface area (TPSA) is 48.0 Å². The monoisotopic (exact) mass is 433 g/mol. The van der Waals surface area contributed by atoms with Gasteiger partial charge in [-0.2, -0.15) is 0 Å². The molecule has 1 unspecified atom stereocenters. The molecule has 0 aromatic heterocycles. The molecule has 0 aliphatic carbocycles. The van der Waals surface area contributed by atoms with Crippen molar-refractivity contribution in [1.82, 2.24) is 0 Å². The van der Waals surface area contributed by atoms with Gasteiger partial charge in [0.1, 0.15) is 17.8 Å². The zero-order valence-electron chi connectivity index (χ0n) is 17.5. The first kappa shape index (κ1) is 19.8. The minimum absolute atomic E-state index is 0.00279. The second kappa shape index (κ2) is 7.54. The molecule has 1 spiro atoms. The average molecular weight is 434 g/mol.